The van der Waals surface area contributed by atoms with Gasteiger partial charge in [0.1, 0.15) is 0 Å². The van der Waals surface area contributed by atoms with Crippen LogP contribution in [0.3, 0.4) is 0 Å². The topological polar surface area (TPSA) is 69.6 Å². The molecule has 0 saturated carbocycles. The first-order valence-electron chi connectivity index (χ1n) is 5.47. The van der Waals surface area contributed by atoms with Gasteiger partial charge in [0.05, 0.1) is 5.75 Å². The molecule has 0 aliphatic carbocycles. The fourth-order valence-electron chi connectivity index (χ4n) is 0.921. The monoisotopic (exact) mass is 252 g/mol. The van der Waals surface area contributed by atoms with E-state index in [-0.39, 0.29) is 17.9 Å². The Kier molecular flexibility index (Phi) is 6.47. The molecule has 0 fully saturated rings. The first-order chi connectivity index (χ1) is 7.21. The quantitative estimate of drug-likeness (QED) is 0.598. The predicted molar refractivity (Wildman–Crippen MR) is 65.9 cm³/mol. The van der Waals surface area contributed by atoms with Gasteiger partial charge in [-0.1, -0.05) is 0 Å². The first-order valence-corrected chi connectivity index (χ1v) is 7.12. The van der Waals surface area contributed by atoms with Gasteiger partial charge in [-0.25, -0.2) is 13.1 Å². The van der Waals surface area contributed by atoms with Crippen LogP contribution in [0.4, 0.5) is 0 Å². The van der Waals surface area contributed by atoms with Crippen molar-refractivity contribution in [3.63, 3.8) is 0 Å². The van der Waals surface area contributed by atoms with Gasteiger partial charge in [-0.3, -0.25) is 0 Å². The van der Waals surface area contributed by atoms with Crippen LogP contribution in [0.15, 0.2) is 0 Å². The molecule has 6 heteroatoms. The third kappa shape index (κ3) is 6.42. The Hall–Kier alpha value is -0.170. The van der Waals surface area contributed by atoms with Crippen molar-refractivity contribution in [2.45, 2.75) is 32.2 Å². The van der Waals surface area contributed by atoms with Crippen LogP contribution in [0.5, 0.6) is 0 Å². The summed E-state index contributed by atoms with van der Waals surface area (Å²) in [5.41, 5.74) is -0.204. The SMILES string of the molecule is CN(C)C(C)(C)CNS(=O)(=O)CCCCO. The summed E-state index contributed by atoms with van der Waals surface area (Å²) in [7, 11) is 0.625. The average Bonchev–Trinajstić information content (AvgIpc) is 2.15. The molecule has 0 aromatic carbocycles. The molecule has 5 nitrogen and oxygen atoms in total. The highest BCUT2D eigenvalue weighted by Gasteiger charge is 2.22. The summed E-state index contributed by atoms with van der Waals surface area (Å²) in [5, 5.41) is 8.57. The van der Waals surface area contributed by atoms with Crippen molar-refractivity contribution in [2.75, 3.05) is 33.0 Å². The summed E-state index contributed by atoms with van der Waals surface area (Å²) in [6.07, 6.45) is 1.02. The number of aliphatic hydroxyl groups is 1. The molecule has 0 unspecified atom stereocenters. The van der Waals surface area contributed by atoms with E-state index in [1.165, 1.54) is 0 Å². The van der Waals surface area contributed by atoms with Gasteiger partial charge < -0.3 is 10.0 Å². The van der Waals surface area contributed by atoms with Gasteiger partial charge in [-0.2, -0.15) is 0 Å². The number of rotatable bonds is 8. The Morgan fingerprint density at radius 3 is 2.25 bits per heavy atom. The first kappa shape index (κ1) is 15.8. The lowest BCUT2D eigenvalue weighted by atomic mass is 10.1. The fraction of sp³-hybridized carbons (Fsp3) is 1.00. The van der Waals surface area contributed by atoms with E-state index in [1.54, 1.807) is 0 Å². The largest absolute Gasteiger partial charge is 0.396 e. The zero-order chi connectivity index (χ0) is 12.8. The van der Waals surface area contributed by atoms with Crippen molar-refractivity contribution < 1.29 is 13.5 Å². The minimum atomic E-state index is -3.21. The molecule has 0 aliphatic rings. The minimum Gasteiger partial charge on any atom is -0.396 e. The van der Waals surface area contributed by atoms with Crippen LogP contribution >= 0.6 is 0 Å². The molecule has 2 N–H and O–H groups in total. The number of aliphatic hydroxyl groups excluding tert-OH is 1. The van der Waals surface area contributed by atoms with Crippen molar-refractivity contribution in [1.29, 1.82) is 0 Å². The lowest BCUT2D eigenvalue weighted by Crippen LogP contribution is -2.48. The van der Waals surface area contributed by atoms with Crippen LogP contribution in [-0.2, 0) is 10.0 Å². The molecule has 16 heavy (non-hydrogen) atoms. The van der Waals surface area contributed by atoms with E-state index in [0.29, 0.717) is 19.4 Å². The summed E-state index contributed by atoms with van der Waals surface area (Å²) >= 11 is 0. The summed E-state index contributed by atoms with van der Waals surface area (Å²) < 4.78 is 25.7. The van der Waals surface area contributed by atoms with Crippen molar-refractivity contribution in [1.82, 2.24) is 9.62 Å². The van der Waals surface area contributed by atoms with Crippen LogP contribution < -0.4 is 4.72 Å². The van der Waals surface area contributed by atoms with Gasteiger partial charge >= 0.3 is 0 Å². The number of sulfonamides is 1. The summed E-state index contributed by atoms with van der Waals surface area (Å²) in [5.74, 6) is 0.0804. The van der Waals surface area contributed by atoms with E-state index < -0.39 is 10.0 Å². The van der Waals surface area contributed by atoms with Crippen molar-refractivity contribution in [2.24, 2.45) is 0 Å². The van der Waals surface area contributed by atoms with E-state index in [2.05, 4.69) is 4.72 Å². The molecule has 0 rings (SSSR count). The van der Waals surface area contributed by atoms with Crippen LogP contribution in [0.1, 0.15) is 26.7 Å². The maximum atomic E-state index is 11.6. The number of nitrogens with one attached hydrogen (secondary N) is 1. The molecule has 0 atom stereocenters. The average molecular weight is 252 g/mol. The normalized spacial score (nSPS) is 13.4. The smallest absolute Gasteiger partial charge is 0.211 e. The lowest BCUT2D eigenvalue weighted by Gasteiger charge is -2.32. The highest BCUT2D eigenvalue weighted by atomic mass is 32.2. The van der Waals surface area contributed by atoms with Crippen molar-refractivity contribution in [3.8, 4) is 0 Å². The fourth-order valence-corrected chi connectivity index (χ4v) is 2.22. The number of nitrogens with zero attached hydrogens (tertiary/aromatic N) is 1. The molecule has 0 heterocycles. The summed E-state index contributed by atoms with van der Waals surface area (Å²) in [6.45, 7) is 4.38. The molecular formula is C10H24N2O3S. The Labute approximate surface area is 98.9 Å². The molecule has 0 aliphatic heterocycles. The van der Waals surface area contributed by atoms with Crippen molar-refractivity contribution in [3.05, 3.63) is 0 Å². The van der Waals surface area contributed by atoms with Crippen molar-refractivity contribution >= 4 is 10.0 Å². The summed E-state index contributed by atoms with van der Waals surface area (Å²) in [6, 6.07) is 0. The van der Waals surface area contributed by atoms with Gasteiger partial charge in [0.2, 0.25) is 10.0 Å². The molecule has 0 aromatic heterocycles. The Morgan fingerprint density at radius 2 is 1.81 bits per heavy atom. The number of likely N-dealkylation sites (N-methyl/N-ethyl adjacent to an activating group) is 1. The summed E-state index contributed by atoms with van der Waals surface area (Å²) in [4.78, 5) is 1.98. The third-order valence-corrected chi connectivity index (χ3v) is 4.17. The maximum Gasteiger partial charge on any atom is 0.211 e. The second kappa shape index (κ2) is 6.54. The van der Waals surface area contributed by atoms with E-state index in [0.717, 1.165) is 0 Å². The molecule has 0 bridgehead atoms. The second-order valence-electron chi connectivity index (χ2n) is 4.78. The molecule has 0 aromatic rings. The zero-order valence-electron chi connectivity index (χ0n) is 10.7. The Bertz CT molecular complexity index is 286. The van der Waals surface area contributed by atoms with E-state index in [9.17, 15) is 8.42 Å². The molecular weight excluding hydrogens is 228 g/mol. The Morgan fingerprint density at radius 1 is 1.25 bits per heavy atom. The number of hydrogen-bond donors (Lipinski definition) is 2. The second-order valence-corrected chi connectivity index (χ2v) is 6.70. The standard InChI is InChI=1S/C10H24N2O3S/c1-10(2,12(3)4)9-11-16(14,15)8-6-5-7-13/h11,13H,5-9H2,1-4H3. The molecule has 98 valence electrons. The van der Waals surface area contributed by atoms with Crippen LogP contribution in [0.2, 0.25) is 0 Å². The number of hydrogen-bond acceptors (Lipinski definition) is 4. The van der Waals surface area contributed by atoms with Gasteiger partial charge in [-0.05, 0) is 40.8 Å². The van der Waals surface area contributed by atoms with Gasteiger partial charge in [0.15, 0.2) is 0 Å². The predicted octanol–water partition coefficient (Wildman–Crippen LogP) is 0.0185. The van der Waals surface area contributed by atoms with Gasteiger partial charge in [-0.15, -0.1) is 0 Å². The Balaban J connectivity index is 4.09. The molecule has 0 radical (unpaired) electrons. The van der Waals surface area contributed by atoms with Crippen LogP contribution in [0.25, 0.3) is 0 Å². The van der Waals surface area contributed by atoms with E-state index >= 15 is 0 Å². The molecule has 0 amide bonds. The lowest BCUT2D eigenvalue weighted by molar-refractivity contribution is 0.199. The van der Waals surface area contributed by atoms with Gasteiger partial charge in [0.25, 0.3) is 0 Å². The van der Waals surface area contributed by atoms with E-state index in [4.69, 9.17) is 5.11 Å². The minimum absolute atomic E-state index is 0.0404. The maximum absolute atomic E-state index is 11.6. The van der Waals surface area contributed by atoms with E-state index in [1.807, 2.05) is 32.8 Å². The molecule has 0 spiro atoms. The zero-order valence-corrected chi connectivity index (χ0v) is 11.5. The third-order valence-electron chi connectivity index (χ3n) is 2.76. The highest BCUT2D eigenvalue weighted by Crippen LogP contribution is 2.08. The van der Waals surface area contributed by atoms with Crippen LogP contribution in [0, 0.1) is 0 Å². The van der Waals surface area contributed by atoms with Crippen LogP contribution in [-0.4, -0.2) is 57.0 Å². The highest BCUT2D eigenvalue weighted by molar-refractivity contribution is 7.89. The molecule has 0 saturated heterocycles. The van der Waals surface area contributed by atoms with Gasteiger partial charge in [0, 0.05) is 18.7 Å². The number of unbranched alkanes of at least 4 members (excludes halogenated alkanes) is 1.